The molecule has 0 amide bonds. The van der Waals surface area contributed by atoms with Gasteiger partial charge in [0.05, 0.1) is 36.8 Å². The SMILES string of the molecule is Cc1cnn([C@H]2C[C@@H](n3cnc4c(N)nc(N[C@H]5CCC[C@@H]5O)nc43)[C@H](O)[C@@H]2O)c1. The van der Waals surface area contributed by atoms with Gasteiger partial charge in [0.2, 0.25) is 5.95 Å². The van der Waals surface area contributed by atoms with Crippen LogP contribution in [0.2, 0.25) is 0 Å². The van der Waals surface area contributed by atoms with E-state index >= 15 is 0 Å². The Morgan fingerprint density at radius 1 is 1.13 bits per heavy atom. The molecule has 0 unspecified atom stereocenters. The molecule has 2 saturated carbocycles. The summed E-state index contributed by atoms with van der Waals surface area (Å²) in [7, 11) is 0. The first-order valence-corrected chi connectivity index (χ1v) is 10.2. The van der Waals surface area contributed by atoms with Gasteiger partial charge in [-0.25, -0.2) is 4.98 Å². The molecule has 0 bridgehead atoms. The third-order valence-corrected chi connectivity index (χ3v) is 6.29. The number of aromatic nitrogens is 6. The quantitative estimate of drug-likeness (QED) is 0.400. The van der Waals surface area contributed by atoms with Gasteiger partial charge in [-0.3, -0.25) is 4.68 Å². The number of aliphatic hydroxyl groups is 3. The Morgan fingerprint density at radius 2 is 1.93 bits per heavy atom. The zero-order valence-corrected chi connectivity index (χ0v) is 16.6. The summed E-state index contributed by atoms with van der Waals surface area (Å²) in [5.41, 5.74) is 8.01. The molecule has 160 valence electrons. The van der Waals surface area contributed by atoms with Crippen molar-refractivity contribution in [2.24, 2.45) is 0 Å². The van der Waals surface area contributed by atoms with E-state index in [2.05, 4.69) is 25.4 Å². The Kier molecular flexibility index (Phi) is 4.60. The normalized spacial score (nSPS) is 31.6. The summed E-state index contributed by atoms with van der Waals surface area (Å²) in [5, 5.41) is 39.0. The standard InChI is InChI=1S/C19H26N8O3/c1-9-6-22-27(7-9)12-5-11(15(29)16(12)30)26-8-21-14-17(20)24-19(25-18(14)26)23-10-3-2-4-13(10)28/h6-8,10-13,15-16,28-30H,2-5H2,1H3,(H3,20,23,24,25)/t10-,11+,12-,13-,15-,16+/m0/s1. The van der Waals surface area contributed by atoms with Crippen molar-refractivity contribution in [2.75, 3.05) is 11.1 Å². The number of fused-ring (bicyclic) bond motifs is 1. The zero-order valence-electron chi connectivity index (χ0n) is 16.6. The number of nitrogens with two attached hydrogens (primary N) is 1. The largest absolute Gasteiger partial charge is 0.391 e. The van der Waals surface area contributed by atoms with Crippen LogP contribution >= 0.6 is 0 Å². The summed E-state index contributed by atoms with van der Waals surface area (Å²) < 4.78 is 3.44. The molecule has 2 fully saturated rings. The summed E-state index contributed by atoms with van der Waals surface area (Å²) in [6, 6.07) is -0.926. The van der Waals surface area contributed by atoms with Crippen LogP contribution in [0.4, 0.5) is 11.8 Å². The Labute approximate surface area is 172 Å². The van der Waals surface area contributed by atoms with Gasteiger partial charge in [-0.1, -0.05) is 0 Å². The monoisotopic (exact) mass is 414 g/mol. The first-order chi connectivity index (χ1) is 14.4. The van der Waals surface area contributed by atoms with E-state index < -0.39 is 24.4 Å². The van der Waals surface area contributed by atoms with Crippen LogP contribution in [0.1, 0.15) is 43.3 Å². The van der Waals surface area contributed by atoms with Crippen LogP contribution in [-0.2, 0) is 0 Å². The Bertz CT molecular complexity index is 1070. The minimum Gasteiger partial charge on any atom is -0.391 e. The third kappa shape index (κ3) is 3.09. The van der Waals surface area contributed by atoms with Gasteiger partial charge in [0.15, 0.2) is 11.5 Å². The lowest BCUT2D eigenvalue weighted by atomic mass is 10.2. The molecule has 0 saturated heterocycles. The van der Waals surface area contributed by atoms with Crippen molar-refractivity contribution in [1.82, 2.24) is 29.3 Å². The fourth-order valence-corrected chi connectivity index (χ4v) is 4.66. The minimum atomic E-state index is -1.01. The van der Waals surface area contributed by atoms with Gasteiger partial charge in [0.25, 0.3) is 0 Å². The predicted octanol–water partition coefficient (Wildman–Crippen LogP) is 0.147. The van der Waals surface area contributed by atoms with Crippen LogP contribution in [0.25, 0.3) is 11.2 Å². The maximum Gasteiger partial charge on any atom is 0.227 e. The molecule has 0 radical (unpaired) electrons. The second-order valence-electron chi connectivity index (χ2n) is 8.35. The second-order valence-corrected chi connectivity index (χ2v) is 8.35. The molecule has 3 aromatic heterocycles. The van der Waals surface area contributed by atoms with E-state index in [1.54, 1.807) is 21.8 Å². The molecule has 0 aromatic carbocycles. The number of rotatable bonds is 4. The average Bonchev–Trinajstić information content (AvgIpc) is 3.47. The highest BCUT2D eigenvalue weighted by molar-refractivity contribution is 5.83. The molecule has 3 aromatic rings. The highest BCUT2D eigenvalue weighted by Crippen LogP contribution is 2.39. The summed E-state index contributed by atoms with van der Waals surface area (Å²) in [6.45, 7) is 1.93. The molecule has 6 atom stereocenters. The molecule has 0 aliphatic heterocycles. The topological polar surface area (TPSA) is 160 Å². The molecule has 3 heterocycles. The smallest absolute Gasteiger partial charge is 0.227 e. The van der Waals surface area contributed by atoms with Crippen molar-refractivity contribution in [1.29, 1.82) is 0 Å². The maximum absolute atomic E-state index is 10.8. The molecular weight excluding hydrogens is 388 g/mol. The molecule has 2 aliphatic carbocycles. The predicted molar refractivity (Wildman–Crippen MR) is 109 cm³/mol. The maximum atomic E-state index is 10.8. The number of anilines is 2. The van der Waals surface area contributed by atoms with Crippen LogP contribution in [0.15, 0.2) is 18.7 Å². The van der Waals surface area contributed by atoms with Gasteiger partial charge < -0.3 is 30.9 Å². The van der Waals surface area contributed by atoms with Crippen LogP contribution in [-0.4, -0.2) is 69.0 Å². The Balaban J connectivity index is 1.48. The van der Waals surface area contributed by atoms with Crippen LogP contribution in [0, 0.1) is 6.92 Å². The zero-order chi connectivity index (χ0) is 21.0. The summed E-state index contributed by atoms with van der Waals surface area (Å²) in [6.07, 6.45) is 5.69. The second kappa shape index (κ2) is 7.18. The van der Waals surface area contributed by atoms with Crippen molar-refractivity contribution in [2.45, 2.75) is 69.0 Å². The fourth-order valence-electron chi connectivity index (χ4n) is 4.66. The van der Waals surface area contributed by atoms with E-state index in [-0.39, 0.29) is 17.9 Å². The van der Waals surface area contributed by atoms with Crippen molar-refractivity contribution in [3.63, 3.8) is 0 Å². The first kappa shape index (κ1) is 19.2. The van der Waals surface area contributed by atoms with E-state index in [9.17, 15) is 15.3 Å². The van der Waals surface area contributed by atoms with Crippen molar-refractivity contribution >= 4 is 22.9 Å². The number of aryl methyl sites for hydroxylation is 1. The molecule has 2 aliphatic rings. The average molecular weight is 414 g/mol. The number of aliphatic hydroxyl groups excluding tert-OH is 3. The number of hydrogen-bond donors (Lipinski definition) is 5. The lowest BCUT2D eigenvalue weighted by Crippen LogP contribution is -2.30. The van der Waals surface area contributed by atoms with Gasteiger partial charge >= 0.3 is 0 Å². The molecule has 0 spiro atoms. The number of nitrogens with zero attached hydrogens (tertiary/aromatic N) is 6. The van der Waals surface area contributed by atoms with E-state index in [4.69, 9.17) is 5.73 Å². The Hall–Kier alpha value is -2.76. The fraction of sp³-hybridized carbons (Fsp3) is 0.579. The van der Waals surface area contributed by atoms with E-state index in [0.717, 1.165) is 24.8 Å². The van der Waals surface area contributed by atoms with Gasteiger partial charge in [-0.05, 0) is 38.2 Å². The van der Waals surface area contributed by atoms with Crippen LogP contribution in [0.5, 0.6) is 0 Å². The number of imidazole rings is 1. The van der Waals surface area contributed by atoms with Gasteiger partial charge in [0.1, 0.15) is 17.7 Å². The molecule has 11 heteroatoms. The highest BCUT2D eigenvalue weighted by atomic mass is 16.3. The lowest BCUT2D eigenvalue weighted by molar-refractivity contribution is 0.00722. The van der Waals surface area contributed by atoms with Gasteiger partial charge in [-0.2, -0.15) is 15.1 Å². The van der Waals surface area contributed by atoms with Crippen LogP contribution in [0.3, 0.4) is 0 Å². The molecule has 5 rings (SSSR count). The molecule has 30 heavy (non-hydrogen) atoms. The number of hydrogen-bond acceptors (Lipinski definition) is 9. The van der Waals surface area contributed by atoms with E-state index in [1.807, 2.05) is 13.1 Å². The molecule has 11 nitrogen and oxygen atoms in total. The number of nitrogen functional groups attached to an aromatic ring is 1. The van der Waals surface area contributed by atoms with Crippen LogP contribution < -0.4 is 11.1 Å². The summed E-state index contributed by atoms with van der Waals surface area (Å²) >= 11 is 0. The minimum absolute atomic E-state index is 0.121. The van der Waals surface area contributed by atoms with Crippen molar-refractivity contribution < 1.29 is 15.3 Å². The molecule has 6 N–H and O–H groups in total. The van der Waals surface area contributed by atoms with Crippen molar-refractivity contribution in [3.05, 3.63) is 24.3 Å². The number of nitrogens with one attached hydrogen (secondary N) is 1. The third-order valence-electron chi connectivity index (χ3n) is 6.29. The molecular formula is C19H26N8O3. The van der Waals surface area contributed by atoms with Crippen molar-refractivity contribution in [3.8, 4) is 0 Å². The van der Waals surface area contributed by atoms with E-state index in [1.165, 1.54) is 0 Å². The highest BCUT2D eigenvalue weighted by Gasteiger charge is 2.44. The lowest BCUT2D eigenvalue weighted by Gasteiger charge is -2.19. The summed E-state index contributed by atoms with van der Waals surface area (Å²) in [4.78, 5) is 13.2. The Morgan fingerprint density at radius 3 is 2.63 bits per heavy atom. The summed E-state index contributed by atoms with van der Waals surface area (Å²) in [5.74, 6) is 0.543. The van der Waals surface area contributed by atoms with Gasteiger partial charge in [0, 0.05) is 6.20 Å². The van der Waals surface area contributed by atoms with Gasteiger partial charge in [-0.15, -0.1) is 0 Å². The van der Waals surface area contributed by atoms with E-state index in [0.29, 0.717) is 23.5 Å². The first-order valence-electron chi connectivity index (χ1n) is 10.2.